The quantitative estimate of drug-likeness (QED) is 0.819. The third-order valence-electron chi connectivity index (χ3n) is 2.24. The molecule has 0 bridgehead atoms. The summed E-state index contributed by atoms with van der Waals surface area (Å²) >= 11 is 5.85. The maximum atomic E-state index is 12.8. The van der Waals surface area contributed by atoms with Crippen LogP contribution in [0.15, 0.2) is 35.5 Å². The molecule has 1 aromatic heterocycles. The van der Waals surface area contributed by atoms with E-state index in [1.807, 2.05) is 0 Å². The molecule has 0 aliphatic carbocycles. The first-order valence-corrected chi connectivity index (χ1v) is 7.46. The van der Waals surface area contributed by atoms with Gasteiger partial charge in [-0.1, -0.05) is 17.7 Å². The van der Waals surface area contributed by atoms with Gasteiger partial charge in [0.2, 0.25) is 0 Å². The van der Waals surface area contributed by atoms with Gasteiger partial charge in [0.25, 0.3) is 9.05 Å². The third kappa shape index (κ3) is 3.01. The Morgan fingerprint density at radius 2 is 2.11 bits per heavy atom. The smallest absolute Gasteiger partial charge is 0.264 e. The van der Waals surface area contributed by atoms with Crippen LogP contribution in [0.5, 0.6) is 0 Å². The molecule has 0 spiro atoms. The van der Waals surface area contributed by atoms with E-state index in [1.54, 1.807) is 0 Å². The summed E-state index contributed by atoms with van der Waals surface area (Å²) in [7, 11) is 1.37. The number of hydrogen-bond donors (Lipinski definition) is 0. The van der Waals surface area contributed by atoms with Crippen LogP contribution in [-0.2, 0) is 15.6 Å². The number of aromatic nitrogens is 2. The third-order valence-corrected chi connectivity index (χ3v) is 3.90. The van der Waals surface area contributed by atoms with E-state index in [-0.39, 0.29) is 16.5 Å². The summed E-state index contributed by atoms with van der Waals surface area (Å²) in [5.74, 6) is -0.437. The summed E-state index contributed by atoms with van der Waals surface area (Å²) in [5.41, 5.74) is 0.625. The highest BCUT2D eigenvalue weighted by Crippen LogP contribution is 2.19. The molecule has 1 aromatic carbocycles. The summed E-state index contributed by atoms with van der Waals surface area (Å²) in [4.78, 5) is -0.0950. The van der Waals surface area contributed by atoms with Crippen molar-refractivity contribution in [1.82, 2.24) is 9.78 Å². The fourth-order valence-electron chi connectivity index (χ4n) is 1.38. The van der Waals surface area contributed by atoms with Gasteiger partial charge in [-0.2, -0.15) is 5.10 Å². The molecule has 2 aromatic rings. The molecular formula is C10H7Cl2FN2O2S. The first-order valence-electron chi connectivity index (χ1n) is 4.77. The molecule has 96 valence electrons. The summed E-state index contributed by atoms with van der Waals surface area (Å²) in [5, 5.41) is 4.09. The van der Waals surface area contributed by atoms with Gasteiger partial charge in [-0.3, -0.25) is 4.68 Å². The lowest BCUT2D eigenvalue weighted by molar-refractivity contribution is 0.609. The van der Waals surface area contributed by atoms with Gasteiger partial charge in [0.1, 0.15) is 10.7 Å². The van der Waals surface area contributed by atoms with E-state index >= 15 is 0 Å². The van der Waals surface area contributed by atoms with Gasteiger partial charge < -0.3 is 0 Å². The van der Waals surface area contributed by atoms with Crippen molar-refractivity contribution in [2.75, 3.05) is 0 Å². The fraction of sp³-hybridized carbons (Fsp3) is 0.100. The Hall–Kier alpha value is -1.11. The van der Waals surface area contributed by atoms with Crippen LogP contribution in [0.4, 0.5) is 4.39 Å². The zero-order valence-corrected chi connectivity index (χ0v) is 11.2. The van der Waals surface area contributed by atoms with Gasteiger partial charge in [-0.25, -0.2) is 12.8 Å². The van der Waals surface area contributed by atoms with Crippen molar-refractivity contribution in [3.05, 3.63) is 47.0 Å². The number of benzene rings is 1. The maximum absolute atomic E-state index is 12.8. The molecular weight excluding hydrogens is 302 g/mol. The molecule has 0 saturated heterocycles. The second-order valence-electron chi connectivity index (χ2n) is 3.55. The normalized spacial score (nSPS) is 11.7. The molecule has 18 heavy (non-hydrogen) atoms. The zero-order valence-electron chi connectivity index (χ0n) is 8.85. The van der Waals surface area contributed by atoms with E-state index in [0.29, 0.717) is 5.56 Å². The van der Waals surface area contributed by atoms with Gasteiger partial charge in [-0.15, -0.1) is 0 Å². The van der Waals surface area contributed by atoms with Crippen LogP contribution < -0.4 is 0 Å². The average molecular weight is 309 g/mol. The standard InChI is InChI=1S/C10H7Cl2FN2O2S/c11-10-3-8(13)2-1-7(10)5-15-6-9(4-14-15)18(12,16)17/h1-4,6H,5H2. The molecule has 1 heterocycles. The highest BCUT2D eigenvalue weighted by molar-refractivity contribution is 8.13. The van der Waals surface area contributed by atoms with Gasteiger partial charge in [0, 0.05) is 21.9 Å². The summed E-state index contributed by atoms with van der Waals surface area (Å²) in [6, 6.07) is 3.96. The van der Waals surface area contributed by atoms with Crippen molar-refractivity contribution in [3.63, 3.8) is 0 Å². The molecule has 4 nitrogen and oxygen atoms in total. The number of nitrogens with zero attached hydrogens (tertiary/aromatic N) is 2. The molecule has 8 heteroatoms. The number of rotatable bonds is 3. The highest BCUT2D eigenvalue weighted by atomic mass is 35.7. The Labute approximate surface area is 112 Å². The monoisotopic (exact) mass is 308 g/mol. The van der Waals surface area contributed by atoms with Crippen LogP contribution in [-0.4, -0.2) is 18.2 Å². The number of hydrogen-bond acceptors (Lipinski definition) is 3. The minimum absolute atomic E-state index is 0.0950. The summed E-state index contributed by atoms with van der Waals surface area (Å²) in [6.45, 7) is 0.228. The summed E-state index contributed by atoms with van der Waals surface area (Å²) in [6.07, 6.45) is 2.42. The van der Waals surface area contributed by atoms with Crippen molar-refractivity contribution >= 4 is 31.3 Å². The van der Waals surface area contributed by atoms with Gasteiger partial charge >= 0.3 is 0 Å². The second kappa shape index (κ2) is 4.87. The minimum atomic E-state index is -3.80. The Bertz CT molecular complexity index is 685. The second-order valence-corrected chi connectivity index (χ2v) is 6.52. The lowest BCUT2D eigenvalue weighted by Crippen LogP contribution is -2.01. The molecule has 2 rings (SSSR count). The van der Waals surface area contributed by atoms with Crippen molar-refractivity contribution < 1.29 is 12.8 Å². The molecule has 0 fully saturated rings. The van der Waals surface area contributed by atoms with Crippen LogP contribution >= 0.6 is 22.3 Å². The maximum Gasteiger partial charge on any atom is 0.264 e. The average Bonchev–Trinajstić information content (AvgIpc) is 2.70. The first kappa shape index (κ1) is 13.3. The van der Waals surface area contributed by atoms with E-state index in [9.17, 15) is 12.8 Å². The van der Waals surface area contributed by atoms with Gasteiger partial charge in [0.05, 0.1) is 12.7 Å². The van der Waals surface area contributed by atoms with Gasteiger partial charge in [0.15, 0.2) is 0 Å². The van der Waals surface area contributed by atoms with Crippen molar-refractivity contribution in [3.8, 4) is 0 Å². The molecule has 0 unspecified atom stereocenters. The molecule has 0 aliphatic rings. The van der Waals surface area contributed by atoms with E-state index in [0.717, 1.165) is 6.20 Å². The van der Waals surface area contributed by atoms with E-state index in [4.69, 9.17) is 22.3 Å². The highest BCUT2D eigenvalue weighted by Gasteiger charge is 2.13. The fourth-order valence-corrected chi connectivity index (χ4v) is 2.27. The zero-order chi connectivity index (χ0) is 13.3. The van der Waals surface area contributed by atoms with Crippen LogP contribution in [0, 0.1) is 5.82 Å². The lowest BCUT2D eigenvalue weighted by Gasteiger charge is -2.04. The van der Waals surface area contributed by atoms with Crippen molar-refractivity contribution in [2.24, 2.45) is 0 Å². The van der Waals surface area contributed by atoms with Crippen LogP contribution in [0.1, 0.15) is 5.56 Å². The van der Waals surface area contributed by atoms with Crippen molar-refractivity contribution in [1.29, 1.82) is 0 Å². The largest absolute Gasteiger partial charge is 0.267 e. The molecule has 0 aliphatic heterocycles. The summed E-state index contributed by atoms with van der Waals surface area (Å²) < 4.78 is 36.3. The molecule has 0 radical (unpaired) electrons. The Balaban J connectivity index is 2.27. The van der Waals surface area contributed by atoms with Gasteiger partial charge in [-0.05, 0) is 17.7 Å². The molecule has 0 amide bonds. The molecule has 0 atom stereocenters. The predicted octanol–water partition coefficient (Wildman–Crippen LogP) is 2.65. The van der Waals surface area contributed by atoms with Crippen LogP contribution in [0.25, 0.3) is 0 Å². The van der Waals surface area contributed by atoms with E-state index in [1.165, 1.54) is 29.1 Å². The van der Waals surface area contributed by atoms with E-state index < -0.39 is 14.9 Å². The molecule has 0 N–H and O–H groups in total. The predicted molar refractivity (Wildman–Crippen MR) is 65.8 cm³/mol. The Morgan fingerprint density at radius 3 is 2.67 bits per heavy atom. The number of halogens is 3. The van der Waals surface area contributed by atoms with Crippen molar-refractivity contribution in [2.45, 2.75) is 11.4 Å². The molecule has 0 saturated carbocycles. The SMILES string of the molecule is O=S(=O)(Cl)c1cnn(Cc2ccc(F)cc2Cl)c1. The van der Waals surface area contributed by atoms with E-state index in [2.05, 4.69) is 5.10 Å². The lowest BCUT2D eigenvalue weighted by atomic mass is 10.2. The topological polar surface area (TPSA) is 52.0 Å². The Kier molecular flexibility index (Phi) is 3.61. The first-order chi connectivity index (χ1) is 8.36. The minimum Gasteiger partial charge on any atom is -0.267 e. The Morgan fingerprint density at radius 1 is 1.39 bits per heavy atom. The van der Waals surface area contributed by atoms with Crippen LogP contribution in [0.2, 0.25) is 5.02 Å². The van der Waals surface area contributed by atoms with Crippen LogP contribution in [0.3, 0.4) is 0 Å².